The van der Waals surface area contributed by atoms with Crippen molar-refractivity contribution in [2.24, 2.45) is 5.92 Å². The summed E-state index contributed by atoms with van der Waals surface area (Å²) in [4.78, 5) is 24.8. The summed E-state index contributed by atoms with van der Waals surface area (Å²) in [5.74, 6) is -2.56. The molecule has 0 bridgehead atoms. The first-order chi connectivity index (χ1) is 17.9. The number of benzene rings is 2. The van der Waals surface area contributed by atoms with Crippen molar-refractivity contribution in [2.75, 3.05) is 0 Å². The van der Waals surface area contributed by atoms with Gasteiger partial charge in [0.2, 0.25) is 0 Å². The van der Waals surface area contributed by atoms with Crippen LogP contribution in [0.5, 0.6) is 0 Å². The van der Waals surface area contributed by atoms with Crippen molar-refractivity contribution in [3.8, 4) is 0 Å². The molecule has 2 aromatic carbocycles. The summed E-state index contributed by atoms with van der Waals surface area (Å²) in [5, 5.41) is 19.7. The van der Waals surface area contributed by atoms with Crippen LogP contribution in [0.25, 0.3) is 6.08 Å². The van der Waals surface area contributed by atoms with Crippen LogP contribution >= 0.6 is 0 Å². The van der Waals surface area contributed by atoms with Crippen LogP contribution < -0.4 is 0 Å². The van der Waals surface area contributed by atoms with Crippen LogP contribution in [0.2, 0.25) is 0 Å². The minimum absolute atomic E-state index is 0.166. The summed E-state index contributed by atoms with van der Waals surface area (Å²) >= 11 is 0. The highest BCUT2D eigenvalue weighted by Gasteiger charge is 2.45. The standard InChI is InChI=1S/C31H38O7/c1-19-17-21(3)27(29(33)34)24(18-19)13-10-14-26-28(38-31(5,6)37-26)25(16-15-20(2)22(4)32)36-30(35)23-11-8-7-9-12-23/h7-13,15-18,20,22,25-26,28,32H,14H2,1-6H3,(H,33,34)/b13-10+,16-15-/t20-,22-,25?,26-,28+/m0/s1. The largest absolute Gasteiger partial charge is 0.478 e. The molecular weight excluding hydrogens is 484 g/mol. The number of rotatable bonds is 10. The van der Waals surface area contributed by atoms with Crippen LogP contribution in [0.15, 0.2) is 60.7 Å². The molecule has 38 heavy (non-hydrogen) atoms. The molecule has 204 valence electrons. The summed E-state index contributed by atoms with van der Waals surface area (Å²) < 4.78 is 18.3. The Kier molecular flexibility index (Phi) is 9.66. The number of aromatic carboxylic acids is 1. The second kappa shape index (κ2) is 12.5. The third-order valence-electron chi connectivity index (χ3n) is 6.55. The van der Waals surface area contributed by atoms with Gasteiger partial charge in [0, 0.05) is 0 Å². The number of aliphatic hydroxyl groups is 1. The third kappa shape index (κ3) is 7.63. The average molecular weight is 523 g/mol. The van der Waals surface area contributed by atoms with E-state index in [2.05, 4.69) is 0 Å². The van der Waals surface area contributed by atoms with Gasteiger partial charge in [-0.1, -0.05) is 61.0 Å². The van der Waals surface area contributed by atoms with E-state index >= 15 is 0 Å². The molecule has 0 aromatic heterocycles. The monoisotopic (exact) mass is 522 g/mol. The first kappa shape index (κ1) is 29.3. The van der Waals surface area contributed by atoms with Crippen molar-refractivity contribution in [1.29, 1.82) is 0 Å². The summed E-state index contributed by atoms with van der Waals surface area (Å²) in [5.41, 5.74) is 2.96. The lowest BCUT2D eigenvalue weighted by Crippen LogP contribution is -2.37. The van der Waals surface area contributed by atoms with Crippen LogP contribution in [0.3, 0.4) is 0 Å². The topological polar surface area (TPSA) is 102 Å². The zero-order valence-corrected chi connectivity index (χ0v) is 22.9. The first-order valence-corrected chi connectivity index (χ1v) is 12.9. The van der Waals surface area contributed by atoms with E-state index in [9.17, 15) is 19.8 Å². The van der Waals surface area contributed by atoms with Crippen molar-refractivity contribution in [2.45, 2.75) is 78.2 Å². The van der Waals surface area contributed by atoms with Gasteiger partial charge in [-0.25, -0.2) is 9.59 Å². The maximum atomic E-state index is 13.0. The minimum atomic E-state index is -0.980. The lowest BCUT2D eigenvalue weighted by Gasteiger charge is -2.25. The molecule has 1 unspecified atom stereocenters. The molecule has 1 fully saturated rings. The SMILES string of the molecule is Cc1cc(C)c(C(=O)O)c(/C=C/C[C@@H]2OC(C)(C)O[C@@H]2C(/C=C\[C@H](C)[C@H](C)O)OC(=O)c2ccccc2)c1. The molecule has 0 aliphatic carbocycles. The van der Waals surface area contributed by atoms with E-state index in [1.807, 2.05) is 44.2 Å². The molecule has 2 N–H and O–H groups in total. The Hall–Kier alpha value is -3.26. The maximum Gasteiger partial charge on any atom is 0.338 e. The van der Waals surface area contributed by atoms with E-state index in [0.717, 1.165) is 5.56 Å². The minimum Gasteiger partial charge on any atom is -0.478 e. The Bertz CT molecular complexity index is 1180. The van der Waals surface area contributed by atoms with Gasteiger partial charge in [0.25, 0.3) is 0 Å². The molecule has 1 aliphatic heterocycles. The van der Waals surface area contributed by atoms with E-state index in [1.165, 1.54) is 0 Å². The molecule has 2 aromatic rings. The second-order valence-corrected chi connectivity index (χ2v) is 10.3. The second-order valence-electron chi connectivity index (χ2n) is 10.3. The van der Waals surface area contributed by atoms with Crippen molar-refractivity contribution >= 4 is 18.0 Å². The fourth-order valence-corrected chi connectivity index (χ4v) is 4.50. The number of esters is 1. The van der Waals surface area contributed by atoms with Gasteiger partial charge in [0.05, 0.1) is 23.3 Å². The summed E-state index contributed by atoms with van der Waals surface area (Å²) in [7, 11) is 0. The smallest absolute Gasteiger partial charge is 0.338 e. The van der Waals surface area contributed by atoms with Crippen LogP contribution in [0, 0.1) is 19.8 Å². The Balaban J connectivity index is 1.88. The maximum absolute atomic E-state index is 13.0. The molecule has 3 rings (SSSR count). The van der Waals surface area contributed by atoms with Crippen molar-refractivity contribution < 1.29 is 34.0 Å². The van der Waals surface area contributed by atoms with Crippen molar-refractivity contribution in [1.82, 2.24) is 0 Å². The van der Waals surface area contributed by atoms with Gasteiger partial charge in [0.15, 0.2) is 5.79 Å². The highest BCUT2D eigenvalue weighted by molar-refractivity contribution is 5.94. The molecule has 0 radical (unpaired) electrons. The van der Waals surface area contributed by atoms with E-state index in [4.69, 9.17) is 14.2 Å². The number of aliphatic hydroxyl groups excluding tert-OH is 1. The molecule has 1 aliphatic rings. The van der Waals surface area contributed by atoms with Crippen molar-refractivity contribution in [3.05, 3.63) is 88.5 Å². The number of carbonyl (C=O) groups excluding carboxylic acids is 1. The Morgan fingerprint density at radius 3 is 2.39 bits per heavy atom. The average Bonchev–Trinajstić information content (AvgIpc) is 3.15. The summed E-state index contributed by atoms with van der Waals surface area (Å²) in [6, 6.07) is 12.4. The third-order valence-corrected chi connectivity index (χ3v) is 6.55. The van der Waals surface area contributed by atoms with Gasteiger partial charge < -0.3 is 24.4 Å². The van der Waals surface area contributed by atoms with Crippen LogP contribution in [0.1, 0.15) is 71.5 Å². The molecular formula is C31H38O7. The summed E-state index contributed by atoms with van der Waals surface area (Å²) in [6.45, 7) is 10.9. The number of hydrogen-bond donors (Lipinski definition) is 2. The van der Waals surface area contributed by atoms with Gasteiger partial charge >= 0.3 is 11.9 Å². The van der Waals surface area contributed by atoms with Crippen LogP contribution in [-0.2, 0) is 14.2 Å². The van der Waals surface area contributed by atoms with E-state index < -0.39 is 42.1 Å². The fourth-order valence-electron chi connectivity index (χ4n) is 4.50. The number of carboxylic acids is 1. The van der Waals surface area contributed by atoms with Gasteiger partial charge in [-0.3, -0.25) is 0 Å². The quantitative estimate of drug-likeness (QED) is 0.304. The molecule has 0 amide bonds. The number of aryl methyl sites for hydroxylation is 2. The van der Waals surface area contributed by atoms with Gasteiger partial charge in [-0.2, -0.15) is 0 Å². The number of carboxylic acid groups (broad SMARTS) is 1. The van der Waals surface area contributed by atoms with Crippen molar-refractivity contribution in [3.63, 3.8) is 0 Å². The van der Waals surface area contributed by atoms with Gasteiger partial charge in [0.1, 0.15) is 12.2 Å². The number of ether oxygens (including phenoxy) is 3. The lowest BCUT2D eigenvalue weighted by molar-refractivity contribution is -0.152. The normalized spacial score (nSPS) is 21.4. The number of carbonyl (C=O) groups is 2. The highest BCUT2D eigenvalue weighted by Crippen LogP contribution is 2.34. The zero-order chi connectivity index (χ0) is 28.0. The van der Waals surface area contributed by atoms with E-state index in [-0.39, 0.29) is 11.5 Å². The van der Waals surface area contributed by atoms with Crippen LogP contribution in [-0.4, -0.2) is 52.4 Å². The Labute approximate surface area is 224 Å². The fraction of sp³-hybridized carbons (Fsp3) is 0.419. The lowest BCUT2D eigenvalue weighted by atomic mass is 9.97. The van der Waals surface area contributed by atoms with E-state index in [0.29, 0.717) is 23.1 Å². The Morgan fingerprint density at radius 1 is 1.08 bits per heavy atom. The molecule has 7 heteroatoms. The van der Waals surface area contributed by atoms with E-state index in [1.54, 1.807) is 64.1 Å². The number of hydrogen-bond acceptors (Lipinski definition) is 6. The Morgan fingerprint density at radius 2 is 1.76 bits per heavy atom. The molecule has 1 saturated heterocycles. The van der Waals surface area contributed by atoms with Gasteiger partial charge in [-0.15, -0.1) is 0 Å². The molecule has 5 atom stereocenters. The molecule has 1 heterocycles. The van der Waals surface area contributed by atoms with Crippen LogP contribution in [0.4, 0.5) is 0 Å². The predicted octanol–water partition coefficient (Wildman–Crippen LogP) is 5.72. The molecule has 7 nitrogen and oxygen atoms in total. The summed E-state index contributed by atoms with van der Waals surface area (Å²) in [6.07, 6.45) is 5.15. The predicted molar refractivity (Wildman–Crippen MR) is 146 cm³/mol. The zero-order valence-electron chi connectivity index (χ0n) is 22.9. The van der Waals surface area contributed by atoms with Gasteiger partial charge in [-0.05, 0) is 76.3 Å². The molecule has 0 spiro atoms. The molecule has 0 saturated carbocycles. The highest BCUT2D eigenvalue weighted by atomic mass is 16.8. The first-order valence-electron chi connectivity index (χ1n) is 12.9.